The normalized spacial score (nSPS) is 16.1. The molecule has 0 aromatic carbocycles. The molecule has 0 amide bonds. The van der Waals surface area contributed by atoms with Crippen LogP contribution in [0.1, 0.15) is 49.9 Å². The van der Waals surface area contributed by atoms with Crippen molar-refractivity contribution in [1.29, 1.82) is 0 Å². The van der Waals surface area contributed by atoms with Crippen molar-refractivity contribution >= 4 is 22.4 Å². The first kappa shape index (κ1) is 18.8. The molecule has 1 unspecified atom stereocenters. The SMILES string of the molecule is CCNC(=NCCc1csc(N2CCCC2)n1)NC(C)c1ccc(C)o1. The molecule has 7 heteroatoms. The van der Waals surface area contributed by atoms with Crippen molar-refractivity contribution in [2.75, 3.05) is 31.1 Å². The van der Waals surface area contributed by atoms with E-state index in [0.29, 0.717) is 6.54 Å². The molecule has 1 aliphatic heterocycles. The van der Waals surface area contributed by atoms with Crippen LogP contribution in [0.4, 0.5) is 5.13 Å². The van der Waals surface area contributed by atoms with Gasteiger partial charge in [-0.05, 0) is 45.7 Å². The average molecular weight is 376 g/mol. The lowest BCUT2D eigenvalue weighted by Gasteiger charge is -2.16. The summed E-state index contributed by atoms with van der Waals surface area (Å²) in [5, 5.41) is 10.0. The maximum atomic E-state index is 5.69. The quantitative estimate of drug-likeness (QED) is 0.573. The molecule has 1 fully saturated rings. The monoisotopic (exact) mass is 375 g/mol. The maximum absolute atomic E-state index is 5.69. The number of aromatic nitrogens is 1. The van der Waals surface area contributed by atoms with E-state index in [1.54, 1.807) is 11.3 Å². The summed E-state index contributed by atoms with van der Waals surface area (Å²) in [4.78, 5) is 11.8. The van der Waals surface area contributed by atoms with Gasteiger partial charge < -0.3 is 20.0 Å². The van der Waals surface area contributed by atoms with Gasteiger partial charge in [0, 0.05) is 38.0 Å². The van der Waals surface area contributed by atoms with Gasteiger partial charge >= 0.3 is 0 Å². The molecule has 0 spiro atoms. The largest absolute Gasteiger partial charge is 0.464 e. The number of guanidine groups is 1. The molecule has 3 rings (SSSR count). The van der Waals surface area contributed by atoms with Crippen LogP contribution in [-0.4, -0.2) is 37.1 Å². The summed E-state index contributed by atoms with van der Waals surface area (Å²) in [5.41, 5.74) is 1.13. The van der Waals surface area contributed by atoms with Crippen molar-refractivity contribution in [3.8, 4) is 0 Å². The second-order valence-electron chi connectivity index (χ2n) is 6.64. The van der Waals surface area contributed by atoms with Crippen LogP contribution in [0.15, 0.2) is 26.9 Å². The Morgan fingerprint density at radius 2 is 2.19 bits per heavy atom. The highest BCUT2D eigenvalue weighted by Gasteiger charge is 2.15. The molecule has 0 aliphatic carbocycles. The molecule has 2 aromatic heterocycles. The standard InChI is InChI=1S/C19H29N5OS/c1-4-20-18(22-15(3)17-8-7-14(2)25-17)21-10-9-16-13-26-19(23-16)24-11-5-6-12-24/h7-8,13,15H,4-6,9-12H2,1-3H3,(H2,20,21,22). The van der Waals surface area contributed by atoms with Crippen LogP contribution in [0, 0.1) is 6.92 Å². The molecule has 1 atom stereocenters. The molecule has 2 N–H and O–H groups in total. The fourth-order valence-corrected chi connectivity index (χ4v) is 3.94. The lowest BCUT2D eigenvalue weighted by atomic mass is 10.2. The van der Waals surface area contributed by atoms with E-state index in [-0.39, 0.29) is 6.04 Å². The van der Waals surface area contributed by atoms with Gasteiger partial charge in [0.05, 0.1) is 11.7 Å². The first-order chi connectivity index (χ1) is 12.7. The second-order valence-corrected chi connectivity index (χ2v) is 7.48. The lowest BCUT2D eigenvalue weighted by molar-refractivity contribution is 0.441. The number of furan rings is 1. The van der Waals surface area contributed by atoms with Crippen LogP contribution >= 0.6 is 11.3 Å². The Morgan fingerprint density at radius 1 is 1.38 bits per heavy atom. The summed E-state index contributed by atoms with van der Waals surface area (Å²) in [7, 11) is 0. The molecule has 2 aromatic rings. The van der Waals surface area contributed by atoms with Gasteiger partial charge in [-0.25, -0.2) is 4.98 Å². The number of aliphatic imine (C=N–C) groups is 1. The van der Waals surface area contributed by atoms with Crippen LogP contribution in [0.5, 0.6) is 0 Å². The molecule has 3 heterocycles. The predicted molar refractivity (Wildman–Crippen MR) is 108 cm³/mol. The highest BCUT2D eigenvalue weighted by atomic mass is 32.1. The van der Waals surface area contributed by atoms with E-state index < -0.39 is 0 Å². The van der Waals surface area contributed by atoms with Gasteiger partial charge in [0.25, 0.3) is 0 Å². The van der Waals surface area contributed by atoms with E-state index in [2.05, 4.69) is 34.8 Å². The van der Waals surface area contributed by atoms with Gasteiger partial charge in [-0.2, -0.15) is 0 Å². The molecule has 1 aliphatic rings. The van der Waals surface area contributed by atoms with Crippen LogP contribution in [-0.2, 0) is 6.42 Å². The highest BCUT2D eigenvalue weighted by Crippen LogP contribution is 2.24. The minimum absolute atomic E-state index is 0.0718. The molecular formula is C19H29N5OS. The van der Waals surface area contributed by atoms with E-state index >= 15 is 0 Å². The molecule has 0 saturated carbocycles. The Bertz CT molecular complexity index is 717. The summed E-state index contributed by atoms with van der Waals surface area (Å²) < 4.78 is 5.69. The number of rotatable bonds is 7. The smallest absolute Gasteiger partial charge is 0.191 e. The zero-order valence-corrected chi connectivity index (χ0v) is 16.7. The molecule has 0 radical (unpaired) electrons. The van der Waals surface area contributed by atoms with Gasteiger partial charge in [-0.3, -0.25) is 4.99 Å². The van der Waals surface area contributed by atoms with Gasteiger partial charge in [0.2, 0.25) is 0 Å². The van der Waals surface area contributed by atoms with Gasteiger partial charge in [0.15, 0.2) is 11.1 Å². The van der Waals surface area contributed by atoms with Crippen molar-refractivity contribution < 1.29 is 4.42 Å². The fourth-order valence-electron chi connectivity index (χ4n) is 3.03. The van der Waals surface area contributed by atoms with Crippen LogP contribution in [0.25, 0.3) is 0 Å². The van der Waals surface area contributed by atoms with E-state index in [0.717, 1.165) is 54.4 Å². The minimum Gasteiger partial charge on any atom is -0.464 e. The van der Waals surface area contributed by atoms with Crippen LogP contribution in [0.2, 0.25) is 0 Å². The molecule has 0 bridgehead atoms. The number of nitrogens with zero attached hydrogens (tertiary/aromatic N) is 3. The summed E-state index contributed by atoms with van der Waals surface area (Å²) in [6.07, 6.45) is 3.42. The Hall–Kier alpha value is -2.02. The molecular weight excluding hydrogens is 346 g/mol. The van der Waals surface area contributed by atoms with Crippen molar-refractivity contribution in [3.63, 3.8) is 0 Å². The van der Waals surface area contributed by atoms with E-state index in [4.69, 9.17) is 14.4 Å². The fraction of sp³-hybridized carbons (Fsp3) is 0.579. The zero-order valence-electron chi connectivity index (χ0n) is 15.9. The van der Waals surface area contributed by atoms with Gasteiger partial charge in [-0.1, -0.05) is 0 Å². The van der Waals surface area contributed by atoms with E-state index in [1.165, 1.54) is 12.8 Å². The third-order valence-corrected chi connectivity index (χ3v) is 5.39. The summed E-state index contributed by atoms with van der Waals surface area (Å²) in [6, 6.07) is 4.06. The van der Waals surface area contributed by atoms with Gasteiger partial charge in [0.1, 0.15) is 11.5 Å². The highest BCUT2D eigenvalue weighted by molar-refractivity contribution is 7.13. The van der Waals surface area contributed by atoms with Gasteiger partial charge in [-0.15, -0.1) is 11.3 Å². The molecule has 1 saturated heterocycles. The average Bonchev–Trinajstić information content (AvgIpc) is 3.36. The first-order valence-electron chi connectivity index (χ1n) is 9.46. The number of thiazole rings is 1. The molecule has 26 heavy (non-hydrogen) atoms. The summed E-state index contributed by atoms with van der Waals surface area (Å²) in [6.45, 7) is 9.93. The second kappa shape index (κ2) is 9.07. The number of hydrogen-bond acceptors (Lipinski definition) is 5. The zero-order chi connectivity index (χ0) is 18.4. The van der Waals surface area contributed by atoms with Crippen LogP contribution in [0.3, 0.4) is 0 Å². The Morgan fingerprint density at radius 3 is 2.88 bits per heavy atom. The third-order valence-electron chi connectivity index (χ3n) is 4.44. The molecule has 6 nitrogen and oxygen atoms in total. The van der Waals surface area contributed by atoms with Crippen molar-refractivity contribution in [2.24, 2.45) is 4.99 Å². The third kappa shape index (κ3) is 5.00. The van der Waals surface area contributed by atoms with E-state index in [9.17, 15) is 0 Å². The minimum atomic E-state index is 0.0718. The molecule has 142 valence electrons. The van der Waals surface area contributed by atoms with Crippen molar-refractivity contribution in [2.45, 2.75) is 46.1 Å². The maximum Gasteiger partial charge on any atom is 0.191 e. The van der Waals surface area contributed by atoms with Crippen LogP contribution < -0.4 is 15.5 Å². The number of aryl methyl sites for hydroxylation is 1. The first-order valence-corrected chi connectivity index (χ1v) is 10.3. The van der Waals surface area contributed by atoms with E-state index in [1.807, 2.05) is 19.1 Å². The number of anilines is 1. The Balaban J connectivity index is 1.53. The summed E-state index contributed by atoms with van der Waals surface area (Å²) >= 11 is 1.75. The summed E-state index contributed by atoms with van der Waals surface area (Å²) in [5.74, 6) is 2.65. The lowest BCUT2D eigenvalue weighted by Crippen LogP contribution is -2.38. The topological polar surface area (TPSA) is 65.7 Å². The number of nitrogens with one attached hydrogen (secondary N) is 2. The Kier molecular flexibility index (Phi) is 6.55. The predicted octanol–water partition coefficient (Wildman–Crippen LogP) is 3.50. The van der Waals surface area contributed by atoms with Crippen molar-refractivity contribution in [3.05, 3.63) is 34.7 Å². The Labute approximate surface area is 159 Å². The van der Waals surface area contributed by atoms with Crippen molar-refractivity contribution in [1.82, 2.24) is 15.6 Å². The number of hydrogen-bond donors (Lipinski definition) is 2.